The van der Waals surface area contributed by atoms with Crippen LogP contribution >= 0.6 is 0 Å². The molecule has 1 heterocycles. The lowest BCUT2D eigenvalue weighted by atomic mass is 10.1. The maximum absolute atomic E-state index is 4.19. The van der Waals surface area contributed by atoms with Gasteiger partial charge in [0.05, 0.1) is 17.6 Å². The molecule has 0 radical (unpaired) electrons. The van der Waals surface area contributed by atoms with Crippen LogP contribution < -0.4 is 5.32 Å². The molecule has 0 amide bonds. The Morgan fingerprint density at radius 3 is 3.06 bits per heavy atom. The molecule has 3 rings (SSSR count). The second-order valence-electron chi connectivity index (χ2n) is 4.82. The van der Waals surface area contributed by atoms with Gasteiger partial charge in [-0.2, -0.15) is 0 Å². The summed E-state index contributed by atoms with van der Waals surface area (Å²) in [7, 11) is 0. The highest BCUT2D eigenvalue weighted by molar-refractivity contribution is 5.36. The topological polar surface area (TPSA) is 42.7 Å². The van der Waals surface area contributed by atoms with E-state index >= 15 is 0 Å². The van der Waals surface area contributed by atoms with Crippen molar-refractivity contribution in [2.24, 2.45) is 0 Å². The van der Waals surface area contributed by atoms with Crippen molar-refractivity contribution >= 4 is 0 Å². The molecule has 0 atom stereocenters. The third-order valence-corrected chi connectivity index (χ3v) is 3.33. The van der Waals surface area contributed by atoms with E-state index in [9.17, 15) is 0 Å². The fourth-order valence-electron chi connectivity index (χ4n) is 2.04. The van der Waals surface area contributed by atoms with Gasteiger partial charge in [0.25, 0.3) is 0 Å². The van der Waals surface area contributed by atoms with Crippen molar-refractivity contribution in [2.75, 3.05) is 0 Å². The van der Waals surface area contributed by atoms with Crippen LogP contribution in [0.3, 0.4) is 0 Å². The standard InChI is InChI=1S/C14H18N4/c1-2-11-4-3-5-13(8-11)18-14(10-16-17-18)9-15-12-6-7-12/h3-5,8,10,12,15H,2,6-7,9H2,1H3. The molecule has 2 aromatic rings. The Morgan fingerprint density at radius 2 is 2.28 bits per heavy atom. The van der Waals surface area contributed by atoms with Gasteiger partial charge in [-0.1, -0.05) is 24.3 Å². The van der Waals surface area contributed by atoms with E-state index in [1.54, 1.807) is 0 Å². The molecule has 0 unspecified atom stereocenters. The molecular weight excluding hydrogens is 224 g/mol. The predicted octanol–water partition coefficient (Wildman–Crippen LogP) is 2.08. The van der Waals surface area contributed by atoms with Crippen molar-refractivity contribution in [1.29, 1.82) is 0 Å². The molecule has 94 valence electrons. The third kappa shape index (κ3) is 2.43. The number of hydrogen-bond acceptors (Lipinski definition) is 3. The Hall–Kier alpha value is -1.68. The molecular formula is C14H18N4. The van der Waals surface area contributed by atoms with Gasteiger partial charge in [-0.15, -0.1) is 5.10 Å². The van der Waals surface area contributed by atoms with Crippen LogP contribution in [0, 0.1) is 0 Å². The molecule has 0 spiro atoms. The highest BCUT2D eigenvalue weighted by Crippen LogP contribution is 2.19. The molecule has 0 saturated heterocycles. The van der Waals surface area contributed by atoms with Crippen LogP contribution in [0.2, 0.25) is 0 Å². The fraction of sp³-hybridized carbons (Fsp3) is 0.429. The van der Waals surface area contributed by atoms with Gasteiger partial charge in [-0.3, -0.25) is 0 Å². The van der Waals surface area contributed by atoms with Gasteiger partial charge in [-0.05, 0) is 37.0 Å². The second-order valence-corrected chi connectivity index (χ2v) is 4.82. The molecule has 1 aromatic carbocycles. The largest absolute Gasteiger partial charge is 0.308 e. The maximum Gasteiger partial charge on any atom is 0.0783 e. The molecule has 1 aliphatic rings. The number of nitrogens with one attached hydrogen (secondary N) is 1. The Morgan fingerprint density at radius 1 is 1.39 bits per heavy atom. The second kappa shape index (κ2) is 4.90. The van der Waals surface area contributed by atoms with E-state index in [1.807, 2.05) is 10.9 Å². The Kier molecular flexibility index (Phi) is 3.11. The van der Waals surface area contributed by atoms with Crippen LogP contribution in [0.4, 0.5) is 0 Å². The first-order chi connectivity index (χ1) is 8.86. The van der Waals surface area contributed by atoms with Gasteiger partial charge in [-0.25, -0.2) is 4.68 Å². The van der Waals surface area contributed by atoms with Crippen LogP contribution in [0.5, 0.6) is 0 Å². The molecule has 1 N–H and O–H groups in total. The Balaban J connectivity index is 1.83. The molecule has 0 aliphatic heterocycles. The van der Waals surface area contributed by atoms with Crippen molar-refractivity contribution in [3.8, 4) is 5.69 Å². The van der Waals surface area contributed by atoms with Crippen molar-refractivity contribution in [3.05, 3.63) is 41.7 Å². The number of rotatable bonds is 5. The van der Waals surface area contributed by atoms with Crippen LogP contribution in [0.25, 0.3) is 5.69 Å². The predicted molar refractivity (Wildman–Crippen MR) is 70.6 cm³/mol. The van der Waals surface area contributed by atoms with Gasteiger partial charge >= 0.3 is 0 Å². The molecule has 1 aromatic heterocycles. The van der Waals surface area contributed by atoms with Crippen LogP contribution in [0.15, 0.2) is 30.5 Å². The summed E-state index contributed by atoms with van der Waals surface area (Å²) in [5, 5.41) is 11.7. The number of nitrogens with zero attached hydrogens (tertiary/aromatic N) is 3. The summed E-state index contributed by atoms with van der Waals surface area (Å²) in [5.41, 5.74) is 3.54. The minimum absolute atomic E-state index is 0.704. The summed E-state index contributed by atoms with van der Waals surface area (Å²) in [6.45, 7) is 3.00. The van der Waals surface area contributed by atoms with Crippen molar-refractivity contribution in [1.82, 2.24) is 20.3 Å². The smallest absolute Gasteiger partial charge is 0.0783 e. The first kappa shape index (κ1) is 11.4. The zero-order chi connectivity index (χ0) is 12.4. The van der Waals surface area contributed by atoms with Gasteiger partial charge in [0.15, 0.2) is 0 Å². The van der Waals surface area contributed by atoms with Crippen molar-refractivity contribution < 1.29 is 0 Å². The van der Waals surface area contributed by atoms with Gasteiger partial charge < -0.3 is 5.32 Å². The van der Waals surface area contributed by atoms with E-state index in [-0.39, 0.29) is 0 Å². The molecule has 1 saturated carbocycles. The van der Waals surface area contributed by atoms with Crippen LogP contribution in [-0.2, 0) is 13.0 Å². The number of hydrogen-bond donors (Lipinski definition) is 1. The summed E-state index contributed by atoms with van der Waals surface area (Å²) in [6.07, 6.45) is 5.48. The Bertz CT molecular complexity index is 528. The SMILES string of the molecule is CCc1cccc(-n2nncc2CNC2CC2)c1. The van der Waals surface area contributed by atoms with Crippen molar-refractivity contribution in [2.45, 2.75) is 38.8 Å². The van der Waals surface area contributed by atoms with E-state index in [4.69, 9.17) is 0 Å². The zero-order valence-corrected chi connectivity index (χ0v) is 10.6. The molecule has 4 heteroatoms. The molecule has 4 nitrogen and oxygen atoms in total. The summed E-state index contributed by atoms with van der Waals surface area (Å²) in [5.74, 6) is 0. The summed E-state index contributed by atoms with van der Waals surface area (Å²) < 4.78 is 1.93. The number of aryl methyl sites for hydroxylation is 1. The summed E-state index contributed by atoms with van der Waals surface area (Å²) in [4.78, 5) is 0. The van der Waals surface area contributed by atoms with E-state index < -0.39 is 0 Å². The summed E-state index contributed by atoms with van der Waals surface area (Å²) in [6, 6.07) is 9.18. The monoisotopic (exact) mass is 242 g/mol. The van der Waals surface area contributed by atoms with Gasteiger partial charge in [0.1, 0.15) is 0 Å². The third-order valence-electron chi connectivity index (χ3n) is 3.33. The average Bonchev–Trinajstić information content (AvgIpc) is 3.13. The fourth-order valence-corrected chi connectivity index (χ4v) is 2.04. The van der Waals surface area contributed by atoms with Gasteiger partial charge in [0, 0.05) is 12.6 Å². The lowest BCUT2D eigenvalue weighted by Crippen LogP contribution is -2.18. The molecule has 1 aliphatic carbocycles. The summed E-state index contributed by atoms with van der Waals surface area (Å²) >= 11 is 0. The van der Waals surface area contributed by atoms with E-state index in [2.05, 4.69) is 46.8 Å². The minimum Gasteiger partial charge on any atom is -0.308 e. The quantitative estimate of drug-likeness (QED) is 0.873. The van der Waals surface area contributed by atoms with E-state index in [1.165, 1.54) is 18.4 Å². The number of aromatic nitrogens is 3. The highest BCUT2D eigenvalue weighted by atomic mass is 15.4. The zero-order valence-electron chi connectivity index (χ0n) is 10.6. The number of benzene rings is 1. The van der Waals surface area contributed by atoms with Crippen LogP contribution in [-0.4, -0.2) is 21.0 Å². The first-order valence-corrected chi connectivity index (χ1v) is 6.59. The lowest BCUT2D eigenvalue weighted by Gasteiger charge is -2.08. The average molecular weight is 242 g/mol. The normalized spacial score (nSPS) is 14.9. The highest BCUT2D eigenvalue weighted by Gasteiger charge is 2.20. The minimum atomic E-state index is 0.704. The molecule has 1 fully saturated rings. The van der Waals surface area contributed by atoms with Gasteiger partial charge in [0.2, 0.25) is 0 Å². The van der Waals surface area contributed by atoms with Crippen LogP contribution in [0.1, 0.15) is 31.0 Å². The van der Waals surface area contributed by atoms with E-state index in [0.717, 1.165) is 24.3 Å². The maximum atomic E-state index is 4.19. The Labute approximate surface area is 107 Å². The first-order valence-electron chi connectivity index (χ1n) is 6.59. The van der Waals surface area contributed by atoms with E-state index in [0.29, 0.717) is 6.04 Å². The van der Waals surface area contributed by atoms with Crippen molar-refractivity contribution in [3.63, 3.8) is 0 Å². The molecule has 0 bridgehead atoms. The molecule has 18 heavy (non-hydrogen) atoms. The lowest BCUT2D eigenvalue weighted by molar-refractivity contribution is 0.646.